The van der Waals surface area contributed by atoms with Gasteiger partial charge in [-0.15, -0.1) is 13.2 Å². The molecule has 0 saturated heterocycles. The highest BCUT2D eigenvalue weighted by atomic mass is 16.6. The van der Waals surface area contributed by atoms with Crippen LogP contribution in [0.3, 0.4) is 0 Å². The van der Waals surface area contributed by atoms with Crippen LogP contribution in [0.4, 0.5) is 4.79 Å². The molecule has 10 atom stereocenters. The molecule has 0 spiro atoms. The highest BCUT2D eigenvalue weighted by Crippen LogP contribution is 2.35. The summed E-state index contributed by atoms with van der Waals surface area (Å²) >= 11 is 0. The molecule has 8 amide bonds. The van der Waals surface area contributed by atoms with Gasteiger partial charge in [0.05, 0.1) is 32.5 Å². The molecule has 2 fully saturated rings. The van der Waals surface area contributed by atoms with Crippen molar-refractivity contribution in [1.82, 2.24) is 42.5 Å². The third-order valence-corrected chi connectivity index (χ3v) is 14.0. The second-order valence-electron chi connectivity index (χ2n) is 25.9. The quantitative estimate of drug-likeness (QED) is 0.0273. The second-order valence-corrected chi connectivity index (χ2v) is 25.9. The lowest BCUT2D eigenvalue weighted by Gasteiger charge is -2.34. The van der Waals surface area contributed by atoms with Gasteiger partial charge in [0.2, 0.25) is 41.4 Å². The fourth-order valence-corrected chi connectivity index (χ4v) is 10.3. The maximum absolute atomic E-state index is 15.0. The summed E-state index contributed by atoms with van der Waals surface area (Å²) in [5.41, 5.74) is -3.84. The minimum Gasteiger partial charge on any atom is -0.467 e. The van der Waals surface area contributed by atoms with Crippen molar-refractivity contribution in [2.24, 2.45) is 35.5 Å². The smallest absolute Gasteiger partial charge is 0.408 e. The maximum atomic E-state index is 15.0. The zero-order valence-electron chi connectivity index (χ0n) is 51.9. The van der Waals surface area contributed by atoms with Gasteiger partial charge in [0, 0.05) is 12.8 Å². The minimum absolute atomic E-state index is 0.0160. The molecule has 8 N–H and O–H groups in total. The summed E-state index contributed by atoms with van der Waals surface area (Å²) in [7, 11) is 1.25. The molecule has 81 heavy (non-hydrogen) atoms. The van der Waals surface area contributed by atoms with E-state index in [4.69, 9.17) is 18.9 Å². The van der Waals surface area contributed by atoms with Gasteiger partial charge >= 0.3 is 12.1 Å². The van der Waals surface area contributed by atoms with Crippen molar-refractivity contribution >= 4 is 53.4 Å². The summed E-state index contributed by atoms with van der Waals surface area (Å²) in [5, 5.41) is 22.9. The molecule has 0 radical (unpaired) electrons. The Balaban J connectivity index is 2.52. The van der Waals surface area contributed by atoms with E-state index < -0.39 is 112 Å². The van der Waals surface area contributed by atoms with Gasteiger partial charge in [-0.05, 0) is 120 Å². The Morgan fingerprint density at radius 2 is 0.765 bits per heavy atom. The van der Waals surface area contributed by atoms with Crippen LogP contribution in [-0.2, 0) is 57.3 Å². The van der Waals surface area contributed by atoms with E-state index in [1.807, 2.05) is 83.1 Å². The largest absolute Gasteiger partial charge is 0.467 e. The molecule has 0 aliphatic heterocycles. The number of nitrogens with one attached hydrogen (secondary N) is 8. The Hall–Kier alpha value is -5.57. The van der Waals surface area contributed by atoms with Gasteiger partial charge in [-0.3, -0.25) is 33.6 Å². The highest BCUT2D eigenvalue weighted by molar-refractivity contribution is 5.99. The fourth-order valence-electron chi connectivity index (χ4n) is 10.3. The fraction of sp³-hybridized carbons (Fsp3) is 0.783. The van der Waals surface area contributed by atoms with Crippen LogP contribution in [0, 0.1) is 35.5 Å². The summed E-state index contributed by atoms with van der Waals surface area (Å²) < 4.78 is 22.4. The molecule has 2 saturated carbocycles. The molecule has 0 bridgehead atoms. The van der Waals surface area contributed by atoms with E-state index in [0.29, 0.717) is 12.8 Å². The van der Waals surface area contributed by atoms with Gasteiger partial charge in [0.1, 0.15) is 52.9 Å². The van der Waals surface area contributed by atoms with Crippen LogP contribution in [0.25, 0.3) is 0 Å². The van der Waals surface area contributed by atoms with Crippen molar-refractivity contribution in [2.45, 2.75) is 246 Å². The number of esters is 1. The summed E-state index contributed by atoms with van der Waals surface area (Å²) in [6.07, 6.45) is 4.04. The molecule has 462 valence electrons. The van der Waals surface area contributed by atoms with E-state index >= 15 is 4.79 Å². The summed E-state index contributed by atoms with van der Waals surface area (Å²) in [5.74, 6) is -5.67. The lowest BCUT2D eigenvalue weighted by atomic mass is 9.92. The van der Waals surface area contributed by atoms with Gasteiger partial charge in [-0.1, -0.05) is 95.2 Å². The number of hydrogen-bond donors (Lipinski definition) is 8. The van der Waals surface area contributed by atoms with Crippen LogP contribution >= 0.6 is 0 Å². The Bertz CT molecular complexity index is 2120. The first-order valence-corrected chi connectivity index (χ1v) is 29.4. The van der Waals surface area contributed by atoms with Crippen molar-refractivity contribution in [3.05, 3.63) is 25.3 Å². The Kier molecular flexibility index (Phi) is 29.6. The molecule has 0 aromatic carbocycles. The van der Waals surface area contributed by atoms with Crippen LogP contribution < -0.4 is 42.5 Å². The molecule has 0 heterocycles. The molecule has 0 unspecified atom stereocenters. The van der Waals surface area contributed by atoms with E-state index in [-0.39, 0.29) is 119 Å². The number of alkyl carbamates (subject to hydrolysis) is 1. The number of rotatable bonds is 34. The number of carbonyl (C=O) groups excluding carboxylic acids is 9. The number of amides is 8. The zero-order valence-corrected chi connectivity index (χ0v) is 51.9. The van der Waals surface area contributed by atoms with E-state index in [1.54, 1.807) is 32.9 Å². The van der Waals surface area contributed by atoms with Crippen molar-refractivity contribution in [2.75, 3.05) is 20.3 Å². The molecule has 2 aliphatic carbocycles. The number of hydrogen-bond acceptors (Lipinski definition) is 13. The van der Waals surface area contributed by atoms with Crippen LogP contribution in [-0.4, -0.2) is 139 Å². The molecule has 21 nitrogen and oxygen atoms in total. The van der Waals surface area contributed by atoms with E-state index in [2.05, 4.69) is 55.7 Å². The summed E-state index contributed by atoms with van der Waals surface area (Å²) in [6, 6.07) is -6.79. The van der Waals surface area contributed by atoms with Crippen LogP contribution in [0.1, 0.15) is 181 Å². The van der Waals surface area contributed by atoms with Crippen molar-refractivity contribution in [3.63, 3.8) is 0 Å². The van der Waals surface area contributed by atoms with Crippen LogP contribution in [0.2, 0.25) is 0 Å². The first-order valence-electron chi connectivity index (χ1n) is 29.4. The Morgan fingerprint density at radius 1 is 0.469 bits per heavy atom. The molecular formula is C60H104N8O13. The van der Waals surface area contributed by atoms with E-state index in [1.165, 1.54) is 7.11 Å². The van der Waals surface area contributed by atoms with E-state index in [0.717, 1.165) is 0 Å². The normalized spacial score (nSPS) is 21.3. The summed E-state index contributed by atoms with van der Waals surface area (Å²) in [4.78, 5) is 127. The van der Waals surface area contributed by atoms with Gasteiger partial charge in [0.25, 0.3) is 0 Å². The first-order chi connectivity index (χ1) is 37.7. The standard InChI is InChI=1S/C60H104N8O13/c1-19-25-79-41-21-23-59(33-41,67-53(73)47(31-39(11)12)63-50(70)44(28-36(5)6)62-52(72)46(30-38(9)10)66-57(77)81-58(15,16)17)55(75)65-45(29-37(7)8)51(71)61-43(27-35(3)4)49(69)64-48(32-40(13)14)54(74)68-60(56(76)78-18)24-22-42(34-60)80-26-20-2/h19-20,35-48H,1-2,21-34H2,3-18H3,(H,61,71)(H,62,72)(H,63,70)(H,64,69)(H,65,75)(H,66,77)(H,67,73)(H,68,74)/t41-,42-,43-,44-,45-,46-,47-,48-,59-,60+/m0/s1. The molecule has 21 heteroatoms. The molecule has 2 rings (SSSR count). The van der Waals surface area contributed by atoms with Crippen molar-refractivity contribution < 1.29 is 62.1 Å². The first kappa shape index (κ1) is 71.5. The van der Waals surface area contributed by atoms with Crippen LogP contribution in [0.5, 0.6) is 0 Å². The lowest BCUT2D eigenvalue weighted by molar-refractivity contribution is -0.151. The molecule has 0 aromatic rings. The number of methoxy groups -OCH3 is 1. The monoisotopic (exact) mass is 1140 g/mol. The number of ether oxygens (including phenoxy) is 4. The topological polar surface area (TPSA) is 287 Å². The van der Waals surface area contributed by atoms with Crippen molar-refractivity contribution in [1.29, 1.82) is 0 Å². The SMILES string of the molecule is C=CCO[C@H]1CC[C@@](NC(=O)[C@H](CC(C)C)NC(=O)[C@H](CC(C)C)NC(=O)[C@H](CC(C)C)NC(=O)OC(C)(C)C)(C(=O)N[C@@H](CC(C)C)C(=O)N[C@@H](CC(C)C)C(=O)N[C@@H](CC(C)C)C(=O)N[C@]2(C(=O)OC)CC[C@H](OCC=C)C2)C1. The predicted molar refractivity (Wildman–Crippen MR) is 311 cm³/mol. The predicted octanol–water partition coefficient (Wildman–Crippen LogP) is 5.97. The van der Waals surface area contributed by atoms with Crippen molar-refractivity contribution in [3.8, 4) is 0 Å². The average molecular weight is 1150 g/mol. The van der Waals surface area contributed by atoms with Gasteiger partial charge < -0.3 is 61.5 Å². The van der Waals surface area contributed by atoms with Gasteiger partial charge in [0.15, 0.2) is 0 Å². The maximum Gasteiger partial charge on any atom is 0.408 e. The van der Waals surface area contributed by atoms with Gasteiger partial charge in [-0.25, -0.2) is 9.59 Å². The molecule has 2 aliphatic rings. The third-order valence-electron chi connectivity index (χ3n) is 14.0. The minimum atomic E-state index is -1.63. The average Bonchev–Trinajstić information content (AvgIpc) is 3.96. The Morgan fingerprint density at radius 3 is 1.09 bits per heavy atom. The molecule has 0 aromatic heterocycles. The summed E-state index contributed by atoms with van der Waals surface area (Å²) in [6.45, 7) is 35.6. The van der Waals surface area contributed by atoms with Crippen LogP contribution in [0.15, 0.2) is 25.3 Å². The lowest BCUT2D eigenvalue weighted by Crippen LogP contribution is -2.65. The molecular weight excluding hydrogens is 1040 g/mol. The van der Waals surface area contributed by atoms with E-state index in [9.17, 15) is 38.4 Å². The third kappa shape index (κ3) is 24.8. The van der Waals surface area contributed by atoms with Gasteiger partial charge in [-0.2, -0.15) is 0 Å². The second kappa shape index (κ2) is 33.5. The highest BCUT2D eigenvalue weighted by Gasteiger charge is 2.51. The number of carbonyl (C=O) groups is 9. The Labute approximate surface area is 483 Å². The zero-order chi connectivity index (χ0) is 61.6.